The lowest BCUT2D eigenvalue weighted by atomic mass is 10.2. The number of rotatable bonds is 2. The van der Waals surface area contributed by atoms with Gasteiger partial charge in [-0.2, -0.15) is 0 Å². The van der Waals surface area contributed by atoms with Crippen LogP contribution in [0.15, 0.2) is 57.7 Å². The van der Waals surface area contributed by atoms with Gasteiger partial charge in [0, 0.05) is 10.6 Å². The van der Waals surface area contributed by atoms with Crippen LogP contribution in [0.3, 0.4) is 0 Å². The third-order valence-electron chi connectivity index (χ3n) is 3.55. The molecular weight excluding hydrogens is 299 g/mol. The summed E-state index contributed by atoms with van der Waals surface area (Å²) in [5.74, 6) is -1.20. The number of aromatic nitrogens is 1. The Morgan fingerprint density at radius 2 is 1.96 bits per heavy atom. The summed E-state index contributed by atoms with van der Waals surface area (Å²) in [7, 11) is 0. The topological polar surface area (TPSA) is 90.2 Å². The Morgan fingerprint density at radius 3 is 2.83 bits per heavy atom. The SMILES string of the molecule is O=C1N=c2ccccc2=C1N=Nc1c(O)[nH]c2ccc(F)cc12. The molecule has 1 aliphatic heterocycles. The lowest BCUT2D eigenvalue weighted by molar-refractivity contribution is -0.112. The van der Waals surface area contributed by atoms with E-state index in [1.807, 2.05) is 0 Å². The molecule has 1 amide bonds. The first-order valence-electron chi connectivity index (χ1n) is 6.78. The fourth-order valence-corrected chi connectivity index (χ4v) is 2.48. The van der Waals surface area contributed by atoms with Crippen molar-refractivity contribution in [3.63, 3.8) is 0 Å². The standard InChI is InChI=1S/C16H9FN4O2/c17-8-5-6-12-10(7-8)14(16(23)19-12)21-20-13-9-3-1-2-4-11(9)18-15(13)22/h1-7,19,23H. The van der Waals surface area contributed by atoms with Gasteiger partial charge in [-0.1, -0.05) is 18.2 Å². The van der Waals surface area contributed by atoms with Crippen LogP contribution in [0, 0.1) is 5.82 Å². The number of azo groups is 1. The van der Waals surface area contributed by atoms with E-state index in [1.165, 1.54) is 18.2 Å². The molecule has 0 saturated carbocycles. The molecule has 0 unspecified atom stereocenters. The van der Waals surface area contributed by atoms with Crippen molar-refractivity contribution in [3.8, 4) is 5.88 Å². The summed E-state index contributed by atoms with van der Waals surface area (Å²) < 4.78 is 13.4. The predicted octanol–water partition coefficient (Wildman–Crippen LogP) is 2.06. The van der Waals surface area contributed by atoms with Gasteiger partial charge in [0.05, 0.1) is 10.9 Å². The van der Waals surface area contributed by atoms with Crippen LogP contribution in [-0.2, 0) is 4.79 Å². The number of nitrogens with zero attached hydrogens (tertiary/aromatic N) is 3. The molecule has 0 spiro atoms. The molecule has 3 aromatic rings. The van der Waals surface area contributed by atoms with Gasteiger partial charge in [-0.05, 0) is 24.3 Å². The number of amides is 1. The molecule has 112 valence electrons. The van der Waals surface area contributed by atoms with Crippen molar-refractivity contribution in [2.24, 2.45) is 15.2 Å². The van der Waals surface area contributed by atoms with E-state index in [0.717, 1.165) is 0 Å². The Hall–Kier alpha value is -3.35. The Labute approximate surface area is 128 Å². The van der Waals surface area contributed by atoms with Gasteiger partial charge in [0.15, 0.2) is 11.4 Å². The molecule has 2 N–H and O–H groups in total. The zero-order valence-electron chi connectivity index (χ0n) is 11.6. The summed E-state index contributed by atoms with van der Waals surface area (Å²) in [5, 5.41) is 19.2. The van der Waals surface area contributed by atoms with Crippen molar-refractivity contribution in [2.45, 2.75) is 0 Å². The summed E-state index contributed by atoms with van der Waals surface area (Å²) in [4.78, 5) is 18.5. The van der Waals surface area contributed by atoms with Gasteiger partial charge >= 0.3 is 0 Å². The van der Waals surface area contributed by atoms with E-state index in [1.54, 1.807) is 24.3 Å². The van der Waals surface area contributed by atoms with E-state index in [0.29, 0.717) is 21.5 Å². The van der Waals surface area contributed by atoms with E-state index in [9.17, 15) is 14.3 Å². The highest BCUT2D eigenvalue weighted by Gasteiger charge is 2.17. The van der Waals surface area contributed by atoms with Gasteiger partial charge in [0.1, 0.15) is 5.82 Å². The van der Waals surface area contributed by atoms with E-state index < -0.39 is 11.7 Å². The van der Waals surface area contributed by atoms with Crippen LogP contribution < -0.4 is 10.6 Å². The number of para-hydroxylation sites is 1. The Bertz CT molecular complexity index is 1110. The van der Waals surface area contributed by atoms with Gasteiger partial charge in [0.2, 0.25) is 5.88 Å². The predicted molar refractivity (Wildman–Crippen MR) is 80.1 cm³/mol. The lowest BCUT2D eigenvalue weighted by Gasteiger charge is -1.93. The molecule has 1 aliphatic rings. The number of aromatic hydroxyl groups is 1. The number of nitrogens with one attached hydrogen (secondary N) is 1. The molecule has 1 aromatic heterocycles. The summed E-state index contributed by atoms with van der Waals surface area (Å²) in [6.07, 6.45) is 0. The zero-order valence-corrected chi connectivity index (χ0v) is 11.6. The Balaban J connectivity index is 1.88. The molecule has 0 bridgehead atoms. The van der Waals surface area contributed by atoms with Crippen molar-refractivity contribution < 1.29 is 14.3 Å². The molecule has 0 fully saturated rings. The highest BCUT2D eigenvalue weighted by atomic mass is 19.1. The second kappa shape index (κ2) is 4.84. The average Bonchev–Trinajstić information content (AvgIpc) is 3.01. The number of aromatic amines is 1. The maximum atomic E-state index is 13.4. The highest BCUT2D eigenvalue weighted by molar-refractivity contribution is 6.14. The van der Waals surface area contributed by atoms with Crippen molar-refractivity contribution >= 4 is 28.2 Å². The van der Waals surface area contributed by atoms with E-state index in [-0.39, 0.29) is 17.3 Å². The van der Waals surface area contributed by atoms with Crippen molar-refractivity contribution in [1.82, 2.24) is 4.98 Å². The fraction of sp³-hybridized carbons (Fsp3) is 0. The molecule has 23 heavy (non-hydrogen) atoms. The quantitative estimate of drug-likeness (QED) is 0.710. The van der Waals surface area contributed by atoms with Gasteiger partial charge < -0.3 is 10.1 Å². The van der Waals surface area contributed by atoms with E-state index >= 15 is 0 Å². The van der Waals surface area contributed by atoms with Crippen LogP contribution in [0.25, 0.3) is 16.6 Å². The molecule has 0 radical (unpaired) electrons. The first-order chi connectivity index (χ1) is 11.1. The van der Waals surface area contributed by atoms with Crippen LogP contribution in [-0.4, -0.2) is 16.0 Å². The molecule has 0 atom stereocenters. The second-order valence-electron chi connectivity index (χ2n) is 4.99. The van der Waals surface area contributed by atoms with Crippen LogP contribution in [0.5, 0.6) is 5.88 Å². The number of hydrogen-bond donors (Lipinski definition) is 2. The van der Waals surface area contributed by atoms with Gasteiger partial charge in [-0.15, -0.1) is 10.2 Å². The number of carbonyl (C=O) groups is 1. The molecule has 2 aromatic carbocycles. The monoisotopic (exact) mass is 308 g/mol. The second-order valence-corrected chi connectivity index (χ2v) is 4.99. The van der Waals surface area contributed by atoms with Crippen LogP contribution in [0.4, 0.5) is 10.1 Å². The van der Waals surface area contributed by atoms with E-state index in [4.69, 9.17) is 0 Å². The Morgan fingerprint density at radius 1 is 1.13 bits per heavy atom. The summed E-state index contributed by atoms with van der Waals surface area (Å²) in [5.41, 5.74) is 0.681. The van der Waals surface area contributed by atoms with E-state index in [2.05, 4.69) is 20.2 Å². The molecule has 0 saturated heterocycles. The fourth-order valence-electron chi connectivity index (χ4n) is 2.48. The minimum atomic E-state index is -0.500. The minimum absolute atomic E-state index is 0.0733. The number of halogens is 1. The van der Waals surface area contributed by atoms with Crippen LogP contribution >= 0.6 is 0 Å². The van der Waals surface area contributed by atoms with Crippen molar-refractivity contribution in [1.29, 1.82) is 0 Å². The van der Waals surface area contributed by atoms with Crippen molar-refractivity contribution in [2.75, 3.05) is 0 Å². The summed E-state index contributed by atoms with van der Waals surface area (Å²) in [6.45, 7) is 0. The van der Waals surface area contributed by atoms with Gasteiger partial charge in [0.25, 0.3) is 5.91 Å². The number of benzene rings is 2. The smallest absolute Gasteiger partial charge is 0.298 e. The molecule has 7 heteroatoms. The molecule has 0 aliphatic carbocycles. The maximum absolute atomic E-state index is 13.4. The molecule has 2 heterocycles. The van der Waals surface area contributed by atoms with Gasteiger partial charge in [-0.3, -0.25) is 4.79 Å². The maximum Gasteiger partial charge on any atom is 0.298 e. The van der Waals surface area contributed by atoms with Crippen LogP contribution in [0.2, 0.25) is 0 Å². The number of H-pyrrole nitrogens is 1. The third-order valence-corrected chi connectivity index (χ3v) is 3.55. The first kappa shape index (κ1) is 13.3. The molecular formula is C16H9FN4O2. The number of fused-ring (bicyclic) bond motifs is 2. The first-order valence-corrected chi connectivity index (χ1v) is 6.78. The molecule has 4 rings (SSSR count). The van der Waals surface area contributed by atoms with Gasteiger partial charge in [-0.25, -0.2) is 9.38 Å². The molecule has 6 nitrogen and oxygen atoms in total. The summed E-state index contributed by atoms with van der Waals surface area (Å²) in [6, 6.07) is 10.9. The largest absolute Gasteiger partial charge is 0.493 e. The third kappa shape index (κ3) is 2.10. The summed E-state index contributed by atoms with van der Waals surface area (Å²) >= 11 is 0. The van der Waals surface area contributed by atoms with Crippen LogP contribution in [0.1, 0.15) is 0 Å². The minimum Gasteiger partial charge on any atom is -0.493 e. The lowest BCUT2D eigenvalue weighted by Crippen LogP contribution is -2.21. The number of hydrogen-bond acceptors (Lipinski definition) is 4. The highest BCUT2D eigenvalue weighted by Crippen LogP contribution is 2.36. The van der Waals surface area contributed by atoms with Crippen molar-refractivity contribution in [3.05, 3.63) is 58.9 Å². The average molecular weight is 308 g/mol. The zero-order chi connectivity index (χ0) is 16.0. The normalized spacial score (nSPS) is 13.8. The Kier molecular flexibility index (Phi) is 2.80. The number of carbonyl (C=O) groups excluding carboxylic acids is 1.